The molecule has 0 aliphatic heterocycles. The number of anilines is 3. The fourth-order valence-electron chi connectivity index (χ4n) is 1.78. The van der Waals surface area contributed by atoms with E-state index in [1.54, 1.807) is 37.3 Å². The smallest absolute Gasteiger partial charge is 0.240 e. The summed E-state index contributed by atoms with van der Waals surface area (Å²) in [5.41, 5.74) is 7.69. The second-order valence-corrected chi connectivity index (χ2v) is 6.56. The summed E-state index contributed by atoms with van der Waals surface area (Å²) in [6.07, 6.45) is 0. The van der Waals surface area contributed by atoms with Crippen molar-refractivity contribution in [2.45, 2.75) is 11.8 Å². The van der Waals surface area contributed by atoms with Crippen LogP contribution in [0.4, 0.5) is 17.1 Å². The van der Waals surface area contributed by atoms with Gasteiger partial charge >= 0.3 is 0 Å². The van der Waals surface area contributed by atoms with Crippen molar-refractivity contribution in [3.05, 3.63) is 47.5 Å². The zero-order valence-corrected chi connectivity index (χ0v) is 13.0. The number of hydrogen-bond donors (Lipinski definition) is 3. The Bertz CT molecular complexity index is 730. The summed E-state index contributed by atoms with van der Waals surface area (Å²) in [6, 6.07) is 11.5. The third-order valence-electron chi connectivity index (χ3n) is 2.77. The number of hydrogen-bond acceptors (Lipinski definition) is 4. The molecule has 4 N–H and O–H groups in total. The molecule has 0 aliphatic carbocycles. The molecule has 0 unspecified atom stereocenters. The number of nitrogens with one attached hydrogen (secondary N) is 2. The Morgan fingerprint density at radius 1 is 1.14 bits per heavy atom. The van der Waals surface area contributed by atoms with Crippen LogP contribution < -0.4 is 15.8 Å². The Balaban J connectivity index is 2.22. The first-order valence-electron chi connectivity index (χ1n) is 6.34. The van der Waals surface area contributed by atoms with E-state index in [1.165, 1.54) is 12.1 Å². The first-order valence-corrected chi connectivity index (χ1v) is 8.20. The van der Waals surface area contributed by atoms with Gasteiger partial charge in [-0.25, -0.2) is 13.1 Å². The predicted molar refractivity (Wildman–Crippen MR) is 86.5 cm³/mol. The molecule has 5 nitrogen and oxygen atoms in total. The average molecular weight is 326 g/mol. The molecule has 112 valence electrons. The van der Waals surface area contributed by atoms with E-state index in [0.29, 0.717) is 22.9 Å². The lowest BCUT2D eigenvalue weighted by atomic mass is 10.2. The fraction of sp³-hybridized carbons (Fsp3) is 0.143. The zero-order chi connectivity index (χ0) is 15.5. The molecule has 2 rings (SSSR count). The van der Waals surface area contributed by atoms with Crippen LogP contribution in [0.25, 0.3) is 0 Å². The molecule has 0 aliphatic rings. The lowest BCUT2D eigenvalue weighted by Crippen LogP contribution is -2.22. The quantitative estimate of drug-likeness (QED) is 0.738. The summed E-state index contributed by atoms with van der Waals surface area (Å²) < 4.78 is 26.1. The van der Waals surface area contributed by atoms with Gasteiger partial charge < -0.3 is 11.1 Å². The van der Waals surface area contributed by atoms with Gasteiger partial charge in [-0.3, -0.25) is 0 Å². The van der Waals surface area contributed by atoms with Gasteiger partial charge in [-0.2, -0.15) is 0 Å². The SMILES string of the molecule is CCNS(=O)(=O)c1ccc(Nc2cc(N)ccc2Cl)cc1. The minimum atomic E-state index is -3.44. The van der Waals surface area contributed by atoms with Gasteiger partial charge in [0.25, 0.3) is 0 Å². The number of nitrogens with two attached hydrogens (primary N) is 1. The Kier molecular flexibility index (Phi) is 4.72. The van der Waals surface area contributed by atoms with Crippen LogP contribution in [-0.4, -0.2) is 15.0 Å². The van der Waals surface area contributed by atoms with Crippen molar-refractivity contribution < 1.29 is 8.42 Å². The van der Waals surface area contributed by atoms with Crippen LogP contribution in [0.15, 0.2) is 47.4 Å². The molecule has 0 amide bonds. The van der Waals surface area contributed by atoms with Crippen LogP contribution in [0, 0.1) is 0 Å². The highest BCUT2D eigenvalue weighted by molar-refractivity contribution is 7.89. The minimum Gasteiger partial charge on any atom is -0.399 e. The summed E-state index contributed by atoms with van der Waals surface area (Å²) in [7, 11) is -3.44. The molecule has 0 aromatic heterocycles. The number of benzene rings is 2. The molecule has 0 spiro atoms. The van der Waals surface area contributed by atoms with Gasteiger partial charge in [-0.15, -0.1) is 0 Å². The van der Waals surface area contributed by atoms with Crippen LogP contribution in [0.1, 0.15) is 6.92 Å². The van der Waals surface area contributed by atoms with Crippen LogP contribution in [0.2, 0.25) is 5.02 Å². The van der Waals surface area contributed by atoms with E-state index in [-0.39, 0.29) is 4.90 Å². The van der Waals surface area contributed by atoms with E-state index in [9.17, 15) is 8.42 Å². The van der Waals surface area contributed by atoms with Gasteiger partial charge in [0.1, 0.15) is 0 Å². The maximum absolute atomic E-state index is 11.8. The summed E-state index contributed by atoms with van der Waals surface area (Å²) in [5.74, 6) is 0. The number of halogens is 1. The molecule has 0 heterocycles. The molecule has 21 heavy (non-hydrogen) atoms. The molecule has 2 aromatic carbocycles. The van der Waals surface area contributed by atoms with Gasteiger partial charge in [-0.05, 0) is 42.5 Å². The van der Waals surface area contributed by atoms with E-state index in [1.807, 2.05) is 0 Å². The van der Waals surface area contributed by atoms with Crippen molar-refractivity contribution in [3.63, 3.8) is 0 Å². The molecule has 0 radical (unpaired) electrons. The van der Waals surface area contributed by atoms with Crippen molar-refractivity contribution in [1.82, 2.24) is 4.72 Å². The molecule has 2 aromatic rings. The molecule has 0 bridgehead atoms. The first kappa shape index (κ1) is 15.6. The van der Waals surface area contributed by atoms with Gasteiger partial charge in [0.2, 0.25) is 10.0 Å². The Morgan fingerprint density at radius 2 is 1.81 bits per heavy atom. The largest absolute Gasteiger partial charge is 0.399 e. The number of nitrogen functional groups attached to an aromatic ring is 1. The van der Waals surface area contributed by atoms with Crippen LogP contribution >= 0.6 is 11.6 Å². The lowest BCUT2D eigenvalue weighted by Gasteiger charge is -2.10. The van der Waals surface area contributed by atoms with Crippen LogP contribution in [0.3, 0.4) is 0 Å². The highest BCUT2D eigenvalue weighted by Crippen LogP contribution is 2.27. The monoisotopic (exact) mass is 325 g/mol. The maximum Gasteiger partial charge on any atom is 0.240 e. The van der Waals surface area contributed by atoms with Gasteiger partial charge in [0.15, 0.2) is 0 Å². The topological polar surface area (TPSA) is 84.2 Å². The van der Waals surface area contributed by atoms with Gasteiger partial charge in [0, 0.05) is 17.9 Å². The zero-order valence-electron chi connectivity index (χ0n) is 11.4. The Labute approximate surface area is 129 Å². The molecule has 0 fully saturated rings. The molecule has 0 saturated heterocycles. The van der Waals surface area contributed by atoms with E-state index < -0.39 is 10.0 Å². The van der Waals surface area contributed by atoms with E-state index in [4.69, 9.17) is 17.3 Å². The fourth-order valence-corrected chi connectivity index (χ4v) is 2.99. The molecule has 0 atom stereocenters. The third kappa shape index (κ3) is 3.87. The molecular weight excluding hydrogens is 310 g/mol. The normalized spacial score (nSPS) is 11.3. The highest BCUT2D eigenvalue weighted by atomic mass is 35.5. The second kappa shape index (κ2) is 6.34. The summed E-state index contributed by atoms with van der Waals surface area (Å²) >= 11 is 6.07. The first-order chi connectivity index (χ1) is 9.92. The van der Waals surface area contributed by atoms with Crippen molar-refractivity contribution in [2.75, 3.05) is 17.6 Å². The second-order valence-electron chi connectivity index (χ2n) is 4.39. The van der Waals surface area contributed by atoms with Crippen molar-refractivity contribution in [2.24, 2.45) is 0 Å². The van der Waals surface area contributed by atoms with E-state index in [0.717, 1.165) is 5.69 Å². The van der Waals surface area contributed by atoms with E-state index in [2.05, 4.69) is 10.0 Å². The standard InChI is InChI=1S/C14H16ClN3O2S/c1-2-17-21(19,20)12-6-4-11(5-7-12)18-14-9-10(16)3-8-13(14)15/h3-9,17-18H,2,16H2,1H3. The molecule has 7 heteroatoms. The number of sulfonamides is 1. The highest BCUT2D eigenvalue weighted by Gasteiger charge is 2.12. The lowest BCUT2D eigenvalue weighted by molar-refractivity contribution is 0.584. The van der Waals surface area contributed by atoms with Crippen molar-refractivity contribution in [3.8, 4) is 0 Å². The average Bonchev–Trinajstić information content (AvgIpc) is 2.43. The van der Waals surface area contributed by atoms with Crippen LogP contribution in [-0.2, 0) is 10.0 Å². The van der Waals surface area contributed by atoms with Gasteiger partial charge in [0.05, 0.1) is 15.6 Å². The molecule has 0 saturated carbocycles. The summed E-state index contributed by atoms with van der Waals surface area (Å²) in [6.45, 7) is 2.08. The third-order valence-corrected chi connectivity index (χ3v) is 4.66. The summed E-state index contributed by atoms with van der Waals surface area (Å²) in [4.78, 5) is 0.216. The number of rotatable bonds is 5. The maximum atomic E-state index is 11.8. The van der Waals surface area contributed by atoms with E-state index >= 15 is 0 Å². The van der Waals surface area contributed by atoms with Gasteiger partial charge in [-0.1, -0.05) is 18.5 Å². The minimum absolute atomic E-state index is 0.216. The summed E-state index contributed by atoms with van der Waals surface area (Å²) in [5, 5.41) is 3.63. The Hall–Kier alpha value is -1.76. The Morgan fingerprint density at radius 3 is 2.43 bits per heavy atom. The van der Waals surface area contributed by atoms with Crippen LogP contribution in [0.5, 0.6) is 0 Å². The predicted octanol–water partition coefficient (Wildman–Crippen LogP) is 2.96. The van der Waals surface area contributed by atoms with Crippen molar-refractivity contribution in [1.29, 1.82) is 0 Å². The van der Waals surface area contributed by atoms with Crippen molar-refractivity contribution >= 4 is 38.7 Å². The molecular formula is C14H16ClN3O2S.